The summed E-state index contributed by atoms with van der Waals surface area (Å²) in [5.41, 5.74) is 7.12. The van der Waals surface area contributed by atoms with Crippen molar-refractivity contribution in [3.8, 4) is 11.4 Å². The molecule has 4 nitrogen and oxygen atoms in total. The molecule has 0 aliphatic carbocycles. The van der Waals surface area contributed by atoms with Crippen LogP contribution in [0.15, 0.2) is 103 Å². The van der Waals surface area contributed by atoms with Crippen molar-refractivity contribution >= 4 is 22.4 Å². The molecule has 0 saturated heterocycles. The Balaban J connectivity index is 1.37. The number of rotatable bonds is 6. The third-order valence-corrected chi connectivity index (χ3v) is 6.79. The number of hydrogen-bond donors (Lipinski definition) is 2. The van der Waals surface area contributed by atoms with E-state index in [4.69, 9.17) is 9.97 Å². The monoisotopic (exact) mass is 456 g/mol. The van der Waals surface area contributed by atoms with Crippen molar-refractivity contribution in [2.75, 3.05) is 23.7 Å². The van der Waals surface area contributed by atoms with E-state index in [0.29, 0.717) is 0 Å². The maximum atomic E-state index is 5.03. The highest BCUT2D eigenvalue weighted by Crippen LogP contribution is 2.31. The maximum Gasteiger partial charge on any atom is 0.162 e. The van der Waals surface area contributed by atoms with Crippen LogP contribution in [0.3, 0.4) is 0 Å². The van der Waals surface area contributed by atoms with Crippen LogP contribution in [-0.2, 0) is 6.42 Å². The average Bonchev–Trinajstić information content (AvgIpc) is 2.94. The Hall–Kier alpha value is -4.18. The fraction of sp³-hybridized carbons (Fsp3) is 0.161. The van der Waals surface area contributed by atoms with E-state index < -0.39 is 0 Å². The molecule has 35 heavy (non-hydrogen) atoms. The summed E-state index contributed by atoms with van der Waals surface area (Å²) in [7, 11) is 0. The molecule has 0 amide bonds. The van der Waals surface area contributed by atoms with E-state index >= 15 is 0 Å². The number of fused-ring (bicyclic) bond motifs is 2. The molecule has 5 aromatic rings. The Morgan fingerprint density at radius 2 is 1.49 bits per heavy atom. The minimum absolute atomic E-state index is 0.211. The van der Waals surface area contributed by atoms with Crippen molar-refractivity contribution in [2.45, 2.75) is 18.8 Å². The first-order chi connectivity index (χ1) is 17.3. The summed E-state index contributed by atoms with van der Waals surface area (Å²) in [5, 5.41) is 8.25. The zero-order chi connectivity index (χ0) is 23.5. The highest BCUT2D eigenvalue weighted by atomic mass is 15.0. The minimum Gasteiger partial charge on any atom is -0.385 e. The van der Waals surface area contributed by atoms with Crippen LogP contribution >= 0.6 is 0 Å². The lowest BCUT2D eigenvalue weighted by Gasteiger charge is -2.20. The number of aromatic nitrogens is 2. The Labute approximate surface area is 206 Å². The molecule has 2 heterocycles. The first-order valence-electron chi connectivity index (χ1n) is 12.3. The third-order valence-electron chi connectivity index (χ3n) is 6.79. The molecule has 6 rings (SSSR count). The molecule has 1 aliphatic rings. The van der Waals surface area contributed by atoms with E-state index in [1.54, 1.807) is 0 Å². The molecule has 0 fully saturated rings. The van der Waals surface area contributed by atoms with Gasteiger partial charge in [-0.3, -0.25) is 0 Å². The average molecular weight is 457 g/mol. The molecule has 2 N–H and O–H groups in total. The van der Waals surface area contributed by atoms with Crippen molar-refractivity contribution in [2.24, 2.45) is 0 Å². The van der Waals surface area contributed by atoms with Crippen molar-refractivity contribution in [3.63, 3.8) is 0 Å². The number of para-hydroxylation sites is 1. The number of nitrogens with one attached hydrogen (secondary N) is 2. The number of benzene rings is 4. The zero-order valence-corrected chi connectivity index (χ0v) is 19.6. The van der Waals surface area contributed by atoms with Gasteiger partial charge < -0.3 is 10.6 Å². The highest BCUT2D eigenvalue weighted by Gasteiger charge is 2.17. The lowest BCUT2D eigenvalue weighted by atomic mass is 9.91. The molecule has 0 spiro atoms. The smallest absolute Gasteiger partial charge is 0.162 e. The normalized spacial score (nSPS) is 12.8. The van der Waals surface area contributed by atoms with Crippen LogP contribution in [0.4, 0.5) is 11.5 Å². The first kappa shape index (κ1) is 21.4. The summed E-state index contributed by atoms with van der Waals surface area (Å²) in [6.45, 7) is 1.75. The van der Waals surface area contributed by atoms with Crippen LogP contribution in [0.5, 0.6) is 0 Å². The van der Waals surface area contributed by atoms with E-state index in [2.05, 4.69) is 102 Å². The summed E-state index contributed by atoms with van der Waals surface area (Å²) in [6.07, 6.45) is 2.30. The zero-order valence-electron chi connectivity index (χ0n) is 19.6. The van der Waals surface area contributed by atoms with Crippen LogP contribution < -0.4 is 10.6 Å². The molecule has 4 aromatic carbocycles. The fourth-order valence-electron chi connectivity index (χ4n) is 4.94. The number of aryl methyl sites for hydroxylation is 1. The SMILES string of the molecule is c1ccc(C(CNc2nc(-c3ccc4c(c3)NCCC4)nc3ccccc23)c2ccccc2)cc1. The van der Waals surface area contributed by atoms with Gasteiger partial charge in [0.1, 0.15) is 5.82 Å². The second kappa shape index (κ2) is 9.59. The predicted molar refractivity (Wildman–Crippen MR) is 145 cm³/mol. The van der Waals surface area contributed by atoms with Crippen LogP contribution in [0, 0.1) is 0 Å². The second-order valence-corrected chi connectivity index (χ2v) is 9.07. The van der Waals surface area contributed by atoms with Gasteiger partial charge in [0.15, 0.2) is 5.82 Å². The third kappa shape index (κ3) is 4.47. The van der Waals surface area contributed by atoms with Gasteiger partial charge in [-0.25, -0.2) is 9.97 Å². The molecular formula is C31H28N4. The number of anilines is 2. The van der Waals surface area contributed by atoms with E-state index in [1.165, 1.54) is 28.8 Å². The first-order valence-corrected chi connectivity index (χ1v) is 12.3. The number of hydrogen-bond acceptors (Lipinski definition) is 4. The Bertz CT molecular complexity index is 1410. The lowest BCUT2D eigenvalue weighted by Crippen LogP contribution is -2.15. The summed E-state index contributed by atoms with van der Waals surface area (Å²) >= 11 is 0. The topological polar surface area (TPSA) is 49.8 Å². The van der Waals surface area contributed by atoms with Crippen molar-refractivity contribution in [1.82, 2.24) is 9.97 Å². The van der Waals surface area contributed by atoms with E-state index in [-0.39, 0.29) is 5.92 Å². The molecule has 4 heteroatoms. The molecule has 0 bridgehead atoms. The summed E-state index contributed by atoms with van der Waals surface area (Å²) in [5.74, 6) is 1.83. The van der Waals surface area contributed by atoms with Gasteiger partial charge >= 0.3 is 0 Å². The van der Waals surface area contributed by atoms with Gasteiger partial charge in [0.25, 0.3) is 0 Å². The van der Waals surface area contributed by atoms with E-state index in [9.17, 15) is 0 Å². The van der Waals surface area contributed by atoms with Crippen LogP contribution in [-0.4, -0.2) is 23.1 Å². The van der Waals surface area contributed by atoms with Crippen LogP contribution in [0.2, 0.25) is 0 Å². The summed E-state index contributed by atoms with van der Waals surface area (Å²) in [4.78, 5) is 9.95. The molecule has 0 saturated carbocycles. The van der Waals surface area contributed by atoms with Gasteiger partial charge in [-0.1, -0.05) is 84.9 Å². The molecular weight excluding hydrogens is 428 g/mol. The fourth-order valence-corrected chi connectivity index (χ4v) is 4.94. The van der Waals surface area contributed by atoms with Crippen LogP contribution in [0.1, 0.15) is 29.0 Å². The van der Waals surface area contributed by atoms with Gasteiger partial charge in [-0.2, -0.15) is 0 Å². The molecule has 0 atom stereocenters. The quantitative estimate of drug-likeness (QED) is 0.292. The molecule has 1 aliphatic heterocycles. The molecule has 0 radical (unpaired) electrons. The van der Waals surface area contributed by atoms with Gasteiger partial charge in [0.2, 0.25) is 0 Å². The lowest BCUT2D eigenvalue weighted by molar-refractivity contribution is 0.830. The minimum atomic E-state index is 0.211. The molecule has 172 valence electrons. The maximum absolute atomic E-state index is 5.03. The summed E-state index contributed by atoms with van der Waals surface area (Å²) < 4.78 is 0. The Morgan fingerprint density at radius 3 is 2.26 bits per heavy atom. The van der Waals surface area contributed by atoms with Crippen molar-refractivity contribution in [1.29, 1.82) is 0 Å². The van der Waals surface area contributed by atoms with Crippen LogP contribution in [0.25, 0.3) is 22.3 Å². The Kier molecular flexibility index (Phi) is 5.85. The highest BCUT2D eigenvalue weighted by molar-refractivity contribution is 5.90. The number of nitrogens with zero attached hydrogens (tertiary/aromatic N) is 2. The molecule has 1 aromatic heterocycles. The Morgan fingerprint density at radius 1 is 0.771 bits per heavy atom. The van der Waals surface area contributed by atoms with Gasteiger partial charge in [-0.15, -0.1) is 0 Å². The van der Waals surface area contributed by atoms with E-state index in [0.717, 1.165) is 47.6 Å². The van der Waals surface area contributed by atoms with Crippen molar-refractivity contribution < 1.29 is 0 Å². The molecule has 0 unspecified atom stereocenters. The largest absolute Gasteiger partial charge is 0.385 e. The van der Waals surface area contributed by atoms with Gasteiger partial charge in [0, 0.05) is 35.6 Å². The van der Waals surface area contributed by atoms with E-state index in [1.807, 2.05) is 12.1 Å². The van der Waals surface area contributed by atoms with Gasteiger partial charge in [-0.05, 0) is 47.7 Å². The second-order valence-electron chi connectivity index (χ2n) is 9.07. The standard InChI is InChI=1S/C31H28N4/c1-3-10-22(11-4-1)27(23-12-5-2-6-13-23)21-33-31-26-15-7-8-16-28(26)34-30(35-31)25-18-17-24-14-9-19-32-29(24)20-25/h1-8,10-13,15-18,20,27,32H,9,14,19,21H2,(H,33,34,35). The predicted octanol–water partition coefficient (Wildman–Crippen LogP) is 6.90. The van der Waals surface area contributed by atoms with Crippen molar-refractivity contribution in [3.05, 3.63) is 120 Å². The summed E-state index contributed by atoms with van der Waals surface area (Å²) in [6, 6.07) is 36.1. The van der Waals surface area contributed by atoms with Gasteiger partial charge in [0.05, 0.1) is 5.52 Å².